The summed E-state index contributed by atoms with van der Waals surface area (Å²) >= 11 is 0. The van der Waals surface area contributed by atoms with Crippen LogP contribution in [0.15, 0.2) is 12.2 Å². The van der Waals surface area contributed by atoms with Crippen LogP contribution < -0.4 is 0 Å². The first-order chi connectivity index (χ1) is 3.63. The van der Waals surface area contributed by atoms with Gasteiger partial charge in [-0.05, 0) is 17.8 Å². The molecule has 1 aliphatic rings. The third-order valence-corrected chi connectivity index (χ3v) is 2.30. The van der Waals surface area contributed by atoms with Gasteiger partial charge in [-0.3, -0.25) is 0 Å². The molecular formula is C8H14. The van der Waals surface area contributed by atoms with Crippen LogP contribution in [-0.2, 0) is 0 Å². The van der Waals surface area contributed by atoms with E-state index >= 15 is 0 Å². The number of hydrogen-bond donors (Lipinski definition) is 0. The molecule has 0 heterocycles. The zero-order valence-electron chi connectivity index (χ0n) is 5.94. The maximum absolute atomic E-state index is 2.32. The molecule has 0 fully saturated rings. The molecule has 0 heteroatoms. The van der Waals surface area contributed by atoms with Gasteiger partial charge >= 0.3 is 0 Å². The molecule has 8 heavy (non-hydrogen) atoms. The molecule has 0 saturated carbocycles. The maximum atomic E-state index is 2.32. The summed E-state index contributed by atoms with van der Waals surface area (Å²) < 4.78 is 0. The fraction of sp³-hybridized carbons (Fsp3) is 0.750. The Bertz CT molecular complexity index is 109. The Morgan fingerprint density at radius 1 is 1.50 bits per heavy atom. The summed E-state index contributed by atoms with van der Waals surface area (Å²) in [6.45, 7) is 6.92. The second-order valence-electron chi connectivity index (χ2n) is 3.41. The first-order valence-corrected chi connectivity index (χ1v) is 3.29. The van der Waals surface area contributed by atoms with E-state index in [1.165, 1.54) is 6.42 Å². The van der Waals surface area contributed by atoms with Gasteiger partial charge in [0.1, 0.15) is 0 Å². The predicted molar refractivity (Wildman–Crippen MR) is 36.7 cm³/mol. The Morgan fingerprint density at radius 2 is 2.12 bits per heavy atom. The van der Waals surface area contributed by atoms with Gasteiger partial charge in [-0.25, -0.2) is 0 Å². The van der Waals surface area contributed by atoms with Crippen molar-refractivity contribution in [1.82, 2.24) is 0 Å². The third kappa shape index (κ3) is 0.795. The molecule has 1 aliphatic carbocycles. The largest absolute Gasteiger partial charge is 0.0877 e. The van der Waals surface area contributed by atoms with Gasteiger partial charge in [0.05, 0.1) is 0 Å². The molecule has 0 aromatic heterocycles. The molecule has 1 atom stereocenters. The van der Waals surface area contributed by atoms with Crippen molar-refractivity contribution >= 4 is 0 Å². The fourth-order valence-electron chi connectivity index (χ4n) is 1.02. The molecule has 0 aromatic carbocycles. The van der Waals surface area contributed by atoms with Crippen molar-refractivity contribution in [2.45, 2.75) is 27.2 Å². The summed E-state index contributed by atoms with van der Waals surface area (Å²) in [6.07, 6.45) is 5.85. The van der Waals surface area contributed by atoms with Crippen molar-refractivity contribution in [3.8, 4) is 0 Å². The lowest BCUT2D eigenvalue weighted by Gasteiger charge is -2.22. The van der Waals surface area contributed by atoms with Crippen LogP contribution in [0.4, 0.5) is 0 Å². The van der Waals surface area contributed by atoms with E-state index in [0.717, 1.165) is 5.92 Å². The minimum Gasteiger partial charge on any atom is -0.0877 e. The van der Waals surface area contributed by atoms with Crippen LogP contribution in [0, 0.1) is 11.3 Å². The van der Waals surface area contributed by atoms with Crippen LogP contribution in [0.1, 0.15) is 27.2 Å². The van der Waals surface area contributed by atoms with Crippen LogP contribution in [0.3, 0.4) is 0 Å². The lowest BCUT2D eigenvalue weighted by Crippen LogP contribution is -2.13. The highest BCUT2D eigenvalue weighted by molar-refractivity contribution is 5.03. The van der Waals surface area contributed by atoms with E-state index in [2.05, 4.69) is 32.9 Å². The first kappa shape index (κ1) is 5.87. The summed E-state index contributed by atoms with van der Waals surface area (Å²) in [5.74, 6) is 0.780. The molecule has 46 valence electrons. The average molecular weight is 110 g/mol. The molecule has 0 spiro atoms. The van der Waals surface area contributed by atoms with Crippen molar-refractivity contribution < 1.29 is 0 Å². The zero-order chi connectivity index (χ0) is 6.20. The zero-order valence-corrected chi connectivity index (χ0v) is 5.94. The highest BCUT2D eigenvalue weighted by Crippen LogP contribution is 2.36. The Kier molecular flexibility index (Phi) is 1.18. The lowest BCUT2D eigenvalue weighted by atomic mass is 9.83. The maximum Gasteiger partial charge on any atom is -0.0208 e. The van der Waals surface area contributed by atoms with E-state index < -0.39 is 0 Å². The fourth-order valence-corrected chi connectivity index (χ4v) is 1.02. The second kappa shape index (κ2) is 1.61. The quantitative estimate of drug-likeness (QED) is 0.420. The summed E-state index contributed by atoms with van der Waals surface area (Å²) in [4.78, 5) is 0. The van der Waals surface area contributed by atoms with E-state index in [9.17, 15) is 0 Å². The molecule has 0 saturated heterocycles. The molecule has 0 aromatic rings. The molecule has 0 nitrogen and oxygen atoms in total. The van der Waals surface area contributed by atoms with Gasteiger partial charge in [0.25, 0.3) is 0 Å². The molecule has 0 bridgehead atoms. The van der Waals surface area contributed by atoms with Gasteiger partial charge in [0.2, 0.25) is 0 Å². The Hall–Kier alpha value is -0.260. The molecule has 1 rings (SSSR count). The van der Waals surface area contributed by atoms with Gasteiger partial charge in [-0.15, -0.1) is 0 Å². The first-order valence-electron chi connectivity index (χ1n) is 3.29. The minimum absolute atomic E-state index is 0.542. The molecule has 0 N–H and O–H groups in total. The lowest BCUT2D eigenvalue weighted by molar-refractivity contribution is 0.304. The van der Waals surface area contributed by atoms with Crippen molar-refractivity contribution in [3.05, 3.63) is 12.2 Å². The molecule has 0 unspecified atom stereocenters. The smallest absolute Gasteiger partial charge is 0.0208 e. The average Bonchev–Trinajstić information content (AvgIpc) is 1.86. The van der Waals surface area contributed by atoms with Crippen molar-refractivity contribution in [2.24, 2.45) is 11.3 Å². The monoisotopic (exact) mass is 110 g/mol. The summed E-state index contributed by atoms with van der Waals surface area (Å²) in [5.41, 5.74) is 0.542. The van der Waals surface area contributed by atoms with Crippen LogP contribution in [0.25, 0.3) is 0 Å². The Morgan fingerprint density at radius 3 is 2.25 bits per heavy atom. The van der Waals surface area contributed by atoms with Crippen LogP contribution in [-0.4, -0.2) is 0 Å². The third-order valence-electron chi connectivity index (χ3n) is 2.30. The SMILES string of the molecule is C[C@H]1C=CCC1(C)C. The number of hydrogen-bond acceptors (Lipinski definition) is 0. The van der Waals surface area contributed by atoms with Crippen molar-refractivity contribution in [2.75, 3.05) is 0 Å². The van der Waals surface area contributed by atoms with E-state index in [-0.39, 0.29) is 0 Å². The summed E-state index contributed by atoms with van der Waals surface area (Å²) in [6, 6.07) is 0. The standard InChI is InChI=1S/C8H14/c1-7-5-4-6-8(7,2)3/h4-5,7H,6H2,1-3H3/t7-/m0/s1. The summed E-state index contributed by atoms with van der Waals surface area (Å²) in [7, 11) is 0. The van der Waals surface area contributed by atoms with E-state index in [1.54, 1.807) is 0 Å². The van der Waals surface area contributed by atoms with E-state index in [0.29, 0.717) is 5.41 Å². The Balaban J connectivity index is 2.64. The van der Waals surface area contributed by atoms with Crippen molar-refractivity contribution in [1.29, 1.82) is 0 Å². The predicted octanol–water partition coefficient (Wildman–Crippen LogP) is 2.61. The normalized spacial score (nSPS) is 33.6. The van der Waals surface area contributed by atoms with Crippen LogP contribution in [0.5, 0.6) is 0 Å². The van der Waals surface area contributed by atoms with Gasteiger partial charge < -0.3 is 0 Å². The molecule has 0 radical (unpaired) electrons. The van der Waals surface area contributed by atoms with Crippen molar-refractivity contribution in [3.63, 3.8) is 0 Å². The summed E-state index contributed by atoms with van der Waals surface area (Å²) in [5, 5.41) is 0. The highest BCUT2D eigenvalue weighted by atomic mass is 14.3. The van der Waals surface area contributed by atoms with E-state index in [4.69, 9.17) is 0 Å². The number of allylic oxidation sites excluding steroid dienone is 2. The highest BCUT2D eigenvalue weighted by Gasteiger charge is 2.25. The van der Waals surface area contributed by atoms with Crippen LogP contribution in [0.2, 0.25) is 0 Å². The topological polar surface area (TPSA) is 0 Å². The van der Waals surface area contributed by atoms with Gasteiger partial charge in [0.15, 0.2) is 0 Å². The van der Waals surface area contributed by atoms with Gasteiger partial charge in [-0.2, -0.15) is 0 Å². The molecular weight excluding hydrogens is 96.1 g/mol. The van der Waals surface area contributed by atoms with Gasteiger partial charge in [0, 0.05) is 0 Å². The molecule has 0 aliphatic heterocycles. The van der Waals surface area contributed by atoms with Gasteiger partial charge in [-0.1, -0.05) is 32.9 Å². The van der Waals surface area contributed by atoms with E-state index in [1.807, 2.05) is 0 Å². The second-order valence-corrected chi connectivity index (χ2v) is 3.41. The Labute approximate surface area is 51.6 Å². The minimum atomic E-state index is 0.542. The number of rotatable bonds is 0. The molecule has 0 amide bonds. The van der Waals surface area contributed by atoms with Crippen LogP contribution >= 0.6 is 0 Å².